The maximum absolute atomic E-state index is 14.6. The second kappa shape index (κ2) is 12.7. The monoisotopic (exact) mass is 474 g/mol. The third-order valence-corrected chi connectivity index (χ3v) is 9.79. The Balaban J connectivity index is 1.15. The van der Waals surface area contributed by atoms with E-state index in [0.717, 1.165) is 55.3 Å². The Labute approximate surface area is 207 Å². The maximum Gasteiger partial charge on any atom is 0.200 e. The van der Waals surface area contributed by atoms with Gasteiger partial charge in [-0.2, -0.15) is 4.39 Å². The molecule has 1 aromatic rings. The Morgan fingerprint density at radius 1 is 0.647 bits per heavy atom. The van der Waals surface area contributed by atoms with Gasteiger partial charge in [0.2, 0.25) is 5.82 Å². The van der Waals surface area contributed by atoms with Crippen LogP contribution >= 0.6 is 0 Å². The summed E-state index contributed by atoms with van der Waals surface area (Å²) in [5.41, 5.74) is 0.557. The van der Waals surface area contributed by atoms with E-state index in [1.54, 1.807) is 19.1 Å². The Hall–Kier alpha value is -1.12. The van der Waals surface area contributed by atoms with E-state index in [4.69, 9.17) is 4.74 Å². The first-order chi connectivity index (χ1) is 16.6. The predicted octanol–water partition coefficient (Wildman–Crippen LogP) is 9.83. The van der Waals surface area contributed by atoms with Gasteiger partial charge in [-0.25, -0.2) is 4.39 Å². The van der Waals surface area contributed by atoms with Gasteiger partial charge in [0.1, 0.15) is 0 Å². The smallest absolute Gasteiger partial charge is 0.200 e. The summed E-state index contributed by atoms with van der Waals surface area (Å²) in [4.78, 5) is 0. The minimum absolute atomic E-state index is 0.0383. The topological polar surface area (TPSA) is 9.23 Å². The van der Waals surface area contributed by atoms with Crippen LogP contribution in [0.3, 0.4) is 0 Å². The number of hydrogen-bond acceptors (Lipinski definition) is 1. The second-order valence-corrected chi connectivity index (χ2v) is 11.9. The lowest BCUT2D eigenvalue weighted by Crippen LogP contribution is -2.26. The largest absolute Gasteiger partial charge is 0.491 e. The third-order valence-electron chi connectivity index (χ3n) is 9.79. The van der Waals surface area contributed by atoms with E-state index in [1.807, 2.05) is 0 Å². The van der Waals surface area contributed by atoms with E-state index in [-0.39, 0.29) is 11.7 Å². The molecule has 192 valence electrons. The van der Waals surface area contributed by atoms with E-state index in [2.05, 4.69) is 6.92 Å². The first kappa shape index (κ1) is 26.0. The van der Waals surface area contributed by atoms with Crippen LogP contribution in [0.2, 0.25) is 0 Å². The zero-order valence-electron chi connectivity index (χ0n) is 21.8. The highest BCUT2D eigenvalue weighted by Crippen LogP contribution is 2.44. The normalized spacial score (nSPS) is 32.5. The maximum atomic E-state index is 14.6. The molecule has 0 amide bonds. The SMILES string of the molecule is CCCC1CCC(C2CCC(CCC3CCC(c4ccc(OCC)c(F)c4F)CC3)CC2)CC1. The Bertz CT molecular complexity index is 738. The van der Waals surface area contributed by atoms with Crippen LogP contribution in [0, 0.1) is 41.2 Å². The lowest BCUT2D eigenvalue weighted by Gasteiger charge is -2.38. The quantitative estimate of drug-likeness (QED) is 0.346. The molecule has 3 aliphatic carbocycles. The minimum atomic E-state index is -0.814. The molecule has 3 heteroatoms. The molecule has 3 saturated carbocycles. The zero-order chi connectivity index (χ0) is 23.9. The number of ether oxygens (including phenoxy) is 1. The highest BCUT2D eigenvalue weighted by molar-refractivity contribution is 5.33. The molecule has 0 bridgehead atoms. The van der Waals surface area contributed by atoms with Crippen molar-refractivity contribution in [1.82, 2.24) is 0 Å². The van der Waals surface area contributed by atoms with Crippen molar-refractivity contribution >= 4 is 0 Å². The molecule has 1 aromatic carbocycles. The van der Waals surface area contributed by atoms with Crippen molar-refractivity contribution in [1.29, 1.82) is 0 Å². The molecule has 0 aliphatic heterocycles. The fourth-order valence-electron chi connectivity index (χ4n) is 7.67. The van der Waals surface area contributed by atoms with Crippen LogP contribution in [0.25, 0.3) is 0 Å². The molecular formula is C31H48F2O. The van der Waals surface area contributed by atoms with E-state index in [9.17, 15) is 8.78 Å². The summed E-state index contributed by atoms with van der Waals surface area (Å²) in [6.45, 7) is 4.47. The van der Waals surface area contributed by atoms with Crippen LogP contribution in [0.15, 0.2) is 12.1 Å². The lowest BCUT2D eigenvalue weighted by molar-refractivity contribution is 0.137. The van der Waals surface area contributed by atoms with E-state index < -0.39 is 11.6 Å². The van der Waals surface area contributed by atoms with Gasteiger partial charge in [-0.15, -0.1) is 0 Å². The summed E-state index contributed by atoms with van der Waals surface area (Å²) in [5.74, 6) is 3.46. The van der Waals surface area contributed by atoms with Crippen LogP contribution in [0.5, 0.6) is 5.75 Å². The zero-order valence-corrected chi connectivity index (χ0v) is 21.8. The Kier molecular flexibility index (Phi) is 9.71. The molecule has 3 fully saturated rings. The fourth-order valence-corrected chi connectivity index (χ4v) is 7.67. The van der Waals surface area contributed by atoms with Crippen molar-refractivity contribution in [3.8, 4) is 5.75 Å². The van der Waals surface area contributed by atoms with Gasteiger partial charge in [-0.05, 0) is 105 Å². The molecule has 0 spiro atoms. The van der Waals surface area contributed by atoms with Crippen molar-refractivity contribution in [3.63, 3.8) is 0 Å². The predicted molar refractivity (Wildman–Crippen MR) is 137 cm³/mol. The second-order valence-electron chi connectivity index (χ2n) is 11.9. The van der Waals surface area contributed by atoms with Crippen molar-refractivity contribution in [3.05, 3.63) is 29.3 Å². The van der Waals surface area contributed by atoms with Crippen molar-refractivity contribution in [2.24, 2.45) is 29.6 Å². The van der Waals surface area contributed by atoms with Gasteiger partial charge < -0.3 is 4.74 Å². The number of hydrogen-bond donors (Lipinski definition) is 0. The summed E-state index contributed by atoms with van der Waals surface area (Å²) in [5, 5.41) is 0. The van der Waals surface area contributed by atoms with Gasteiger partial charge in [0.25, 0.3) is 0 Å². The summed E-state index contributed by atoms with van der Waals surface area (Å²) < 4.78 is 34.1. The highest BCUT2D eigenvalue weighted by Gasteiger charge is 2.31. The lowest BCUT2D eigenvalue weighted by atomic mass is 9.68. The third kappa shape index (κ3) is 6.55. The van der Waals surface area contributed by atoms with Crippen LogP contribution in [0.4, 0.5) is 8.78 Å². The molecular weight excluding hydrogens is 426 g/mol. The molecule has 0 atom stereocenters. The number of rotatable bonds is 9. The van der Waals surface area contributed by atoms with Gasteiger partial charge in [-0.3, -0.25) is 0 Å². The number of halogens is 2. The summed E-state index contributed by atoms with van der Waals surface area (Å²) in [6.07, 6.45) is 21.7. The van der Waals surface area contributed by atoms with Crippen LogP contribution in [-0.4, -0.2) is 6.61 Å². The van der Waals surface area contributed by atoms with Gasteiger partial charge in [-0.1, -0.05) is 64.4 Å². The van der Waals surface area contributed by atoms with E-state index >= 15 is 0 Å². The molecule has 4 rings (SSSR count). The first-order valence-corrected chi connectivity index (χ1v) is 14.7. The molecule has 34 heavy (non-hydrogen) atoms. The molecule has 0 unspecified atom stereocenters. The van der Waals surface area contributed by atoms with Gasteiger partial charge in [0, 0.05) is 0 Å². The van der Waals surface area contributed by atoms with Crippen LogP contribution in [-0.2, 0) is 0 Å². The van der Waals surface area contributed by atoms with Crippen LogP contribution < -0.4 is 4.74 Å². The summed E-state index contributed by atoms with van der Waals surface area (Å²) >= 11 is 0. The number of benzene rings is 1. The van der Waals surface area contributed by atoms with E-state index in [1.165, 1.54) is 77.0 Å². The summed E-state index contributed by atoms with van der Waals surface area (Å²) in [6, 6.07) is 3.36. The molecule has 0 radical (unpaired) electrons. The Morgan fingerprint density at radius 3 is 1.65 bits per heavy atom. The minimum Gasteiger partial charge on any atom is -0.491 e. The van der Waals surface area contributed by atoms with Crippen molar-refractivity contribution < 1.29 is 13.5 Å². The molecule has 1 nitrogen and oxygen atoms in total. The standard InChI is InChI=1S/C31H48F2O/c1-3-5-22-8-14-25(15-9-22)26-16-10-23(11-17-26)6-7-24-12-18-27(19-13-24)28-20-21-29(34-4-2)31(33)30(28)32/h20-27H,3-19H2,1-2H3. The Morgan fingerprint density at radius 2 is 1.15 bits per heavy atom. The molecule has 0 N–H and O–H groups in total. The van der Waals surface area contributed by atoms with E-state index in [0.29, 0.717) is 12.2 Å². The van der Waals surface area contributed by atoms with Crippen molar-refractivity contribution in [2.45, 2.75) is 122 Å². The summed E-state index contributed by atoms with van der Waals surface area (Å²) in [7, 11) is 0. The molecule has 0 heterocycles. The van der Waals surface area contributed by atoms with Gasteiger partial charge in [0.15, 0.2) is 11.6 Å². The fraction of sp³-hybridized carbons (Fsp3) is 0.806. The molecule has 3 aliphatic rings. The highest BCUT2D eigenvalue weighted by atomic mass is 19.2. The average Bonchev–Trinajstić information content (AvgIpc) is 2.87. The van der Waals surface area contributed by atoms with Crippen molar-refractivity contribution in [2.75, 3.05) is 6.61 Å². The van der Waals surface area contributed by atoms with Gasteiger partial charge >= 0.3 is 0 Å². The average molecular weight is 475 g/mol. The van der Waals surface area contributed by atoms with Gasteiger partial charge in [0.05, 0.1) is 6.61 Å². The van der Waals surface area contributed by atoms with Crippen LogP contribution in [0.1, 0.15) is 128 Å². The molecule has 0 saturated heterocycles. The molecule has 0 aromatic heterocycles. The first-order valence-electron chi connectivity index (χ1n) is 14.7.